The van der Waals surface area contributed by atoms with E-state index in [1.54, 1.807) is 18.2 Å². The minimum absolute atomic E-state index is 0.0144. The third-order valence-corrected chi connectivity index (χ3v) is 5.29. The molecule has 0 aliphatic carbocycles. The fourth-order valence-electron chi connectivity index (χ4n) is 3.03. The second-order valence-corrected chi connectivity index (χ2v) is 8.04. The van der Waals surface area contributed by atoms with Crippen molar-refractivity contribution in [2.75, 3.05) is 0 Å². The van der Waals surface area contributed by atoms with Crippen LogP contribution in [0.15, 0.2) is 60.7 Å². The molecule has 0 unspecified atom stereocenters. The number of rotatable bonds is 4. The molecule has 13 heteroatoms. The van der Waals surface area contributed by atoms with Crippen molar-refractivity contribution in [2.45, 2.75) is 5.51 Å². The number of halogens is 3. The Bertz CT molecular complexity index is 1400. The van der Waals surface area contributed by atoms with Crippen molar-refractivity contribution in [2.24, 2.45) is 0 Å². The number of ether oxygens (including phenoxy) is 2. The highest BCUT2D eigenvalue weighted by Gasteiger charge is 2.51. The molecule has 0 aromatic heterocycles. The number of nitrogens with zero attached hydrogens (tertiary/aromatic N) is 1. The molecule has 0 fully saturated rings. The molecule has 0 N–H and O–H groups in total. The lowest BCUT2D eigenvalue weighted by molar-refractivity contribution is -0.0761. The normalized spacial score (nSPS) is 13.8. The zero-order valence-electron chi connectivity index (χ0n) is 16.0. The van der Waals surface area contributed by atoms with Crippen molar-refractivity contribution in [1.82, 2.24) is 5.06 Å². The highest BCUT2D eigenvalue weighted by Crippen LogP contribution is 2.35. The van der Waals surface area contributed by atoms with Crippen molar-refractivity contribution in [3.8, 4) is 11.5 Å². The van der Waals surface area contributed by atoms with Gasteiger partial charge in [0.1, 0.15) is 11.5 Å². The average molecular weight is 481 g/mol. The second-order valence-electron chi connectivity index (χ2n) is 6.52. The number of para-hydroxylation sites is 1. The van der Waals surface area contributed by atoms with Gasteiger partial charge in [-0.3, -0.25) is 9.59 Å². The lowest BCUT2D eigenvalue weighted by Crippen LogP contribution is -2.44. The van der Waals surface area contributed by atoms with Crippen LogP contribution in [0.5, 0.6) is 11.5 Å². The van der Waals surface area contributed by atoms with Crippen molar-refractivity contribution in [3.05, 3.63) is 71.8 Å². The standard InChI is InChI=1S/C20H10F3NO8S/c21-20(22,23)33(28,29)32-24-17(25)14-8-4-5-11-9-13(10-15(16(11)14)18(24)26)31-19(27)30-12-6-2-1-3-7-12/h1-10H. The number of amides is 2. The first-order valence-corrected chi connectivity index (χ1v) is 10.3. The van der Waals surface area contributed by atoms with E-state index < -0.39 is 44.2 Å². The predicted octanol–water partition coefficient (Wildman–Crippen LogP) is 3.79. The van der Waals surface area contributed by atoms with E-state index >= 15 is 0 Å². The Morgan fingerprint density at radius 2 is 1.45 bits per heavy atom. The monoisotopic (exact) mass is 481 g/mol. The summed E-state index contributed by atoms with van der Waals surface area (Å²) in [6.07, 6.45) is -1.18. The molecule has 1 aliphatic rings. The molecule has 0 radical (unpaired) electrons. The molecule has 0 bridgehead atoms. The third-order valence-electron chi connectivity index (χ3n) is 4.38. The molecule has 0 saturated carbocycles. The van der Waals surface area contributed by atoms with Gasteiger partial charge in [0.2, 0.25) is 0 Å². The highest BCUT2D eigenvalue weighted by atomic mass is 32.2. The number of carbonyl (C=O) groups excluding carboxylic acids is 3. The summed E-state index contributed by atoms with van der Waals surface area (Å²) < 4.78 is 74.7. The van der Waals surface area contributed by atoms with Gasteiger partial charge in [0.05, 0.1) is 11.1 Å². The molecule has 0 atom stereocenters. The Kier molecular flexibility index (Phi) is 5.30. The Morgan fingerprint density at radius 1 is 0.818 bits per heavy atom. The topological polar surface area (TPSA) is 116 Å². The molecule has 9 nitrogen and oxygen atoms in total. The van der Waals surface area contributed by atoms with Crippen LogP contribution in [-0.2, 0) is 14.4 Å². The van der Waals surface area contributed by atoms with Crippen LogP contribution >= 0.6 is 0 Å². The van der Waals surface area contributed by atoms with Crippen molar-refractivity contribution >= 4 is 38.9 Å². The summed E-state index contributed by atoms with van der Waals surface area (Å²) in [6, 6.07) is 14.0. The smallest absolute Gasteiger partial charge is 0.395 e. The Labute approximate surface area is 182 Å². The second kappa shape index (κ2) is 7.86. The van der Waals surface area contributed by atoms with Crippen molar-refractivity contribution in [1.29, 1.82) is 0 Å². The van der Waals surface area contributed by atoms with Gasteiger partial charge >= 0.3 is 21.8 Å². The fraction of sp³-hybridized carbons (Fsp3) is 0.0500. The van der Waals surface area contributed by atoms with E-state index in [-0.39, 0.29) is 27.8 Å². The minimum Gasteiger partial charge on any atom is -0.395 e. The molecule has 1 heterocycles. The summed E-state index contributed by atoms with van der Waals surface area (Å²) in [5.74, 6) is -3.01. The number of benzene rings is 3. The van der Waals surface area contributed by atoms with Crippen molar-refractivity contribution in [3.63, 3.8) is 0 Å². The van der Waals surface area contributed by atoms with Gasteiger partial charge in [-0.1, -0.05) is 30.3 Å². The largest absolute Gasteiger partial charge is 0.525 e. The summed E-state index contributed by atoms with van der Waals surface area (Å²) in [5.41, 5.74) is -6.60. The molecule has 3 aromatic carbocycles. The van der Waals surface area contributed by atoms with Gasteiger partial charge in [-0.2, -0.15) is 21.6 Å². The first kappa shape index (κ1) is 22.2. The van der Waals surface area contributed by atoms with Gasteiger partial charge in [-0.25, -0.2) is 4.79 Å². The maximum Gasteiger partial charge on any atom is 0.525 e. The van der Waals surface area contributed by atoms with Crippen LogP contribution in [0.2, 0.25) is 0 Å². The molecule has 170 valence electrons. The minimum atomic E-state index is -6.32. The molecular formula is C20H10F3NO8S. The molecule has 0 saturated heterocycles. The van der Waals surface area contributed by atoms with Gasteiger partial charge in [0.15, 0.2) is 0 Å². The fourth-order valence-corrected chi connectivity index (χ4v) is 3.44. The van der Waals surface area contributed by atoms with Crippen molar-refractivity contribution < 1.29 is 49.7 Å². The SMILES string of the molecule is O=C(Oc1ccccc1)Oc1cc2c3c(cccc3c1)C(=O)N(OS(=O)(=O)C(F)(F)F)C2=O. The van der Waals surface area contributed by atoms with Crippen LogP contribution < -0.4 is 9.47 Å². The molecule has 1 aliphatic heterocycles. The maximum atomic E-state index is 12.7. The van der Waals surface area contributed by atoms with Gasteiger partial charge < -0.3 is 9.47 Å². The Morgan fingerprint density at radius 3 is 2.12 bits per heavy atom. The molecule has 33 heavy (non-hydrogen) atoms. The van der Waals surface area contributed by atoms with E-state index in [1.165, 1.54) is 36.4 Å². The Hall–Kier alpha value is -3.97. The van der Waals surface area contributed by atoms with Crippen LogP contribution in [0.4, 0.5) is 18.0 Å². The average Bonchev–Trinajstić information content (AvgIpc) is 2.74. The number of hydrogen-bond acceptors (Lipinski definition) is 8. The predicted molar refractivity (Wildman–Crippen MR) is 104 cm³/mol. The molecule has 3 aromatic rings. The van der Waals surface area contributed by atoms with Crippen LogP contribution in [0, 0.1) is 0 Å². The summed E-state index contributed by atoms with van der Waals surface area (Å²) in [4.78, 5) is 37.3. The van der Waals surface area contributed by atoms with E-state index in [4.69, 9.17) is 9.47 Å². The zero-order valence-corrected chi connectivity index (χ0v) is 16.8. The van der Waals surface area contributed by atoms with Gasteiger partial charge in [0, 0.05) is 5.39 Å². The quantitative estimate of drug-likeness (QED) is 0.239. The van der Waals surface area contributed by atoms with Gasteiger partial charge in [-0.15, -0.1) is 9.35 Å². The number of alkyl halides is 3. The third kappa shape index (κ3) is 4.10. The summed E-state index contributed by atoms with van der Waals surface area (Å²) in [5, 5.41) is -0.278. The van der Waals surface area contributed by atoms with E-state index in [9.17, 15) is 36.0 Å². The number of imide groups is 1. The van der Waals surface area contributed by atoms with Gasteiger partial charge in [-0.05, 0) is 35.7 Å². The molecule has 0 spiro atoms. The van der Waals surface area contributed by atoms with Crippen LogP contribution in [0.25, 0.3) is 10.8 Å². The molecular weight excluding hydrogens is 471 g/mol. The summed E-state index contributed by atoms with van der Waals surface area (Å²) in [6.45, 7) is 0. The number of hydrogen-bond donors (Lipinski definition) is 0. The lowest BCUT2D eigenvalue weighted by Gasteiger charge is -2.25. The summed E-state index contributed by atoms with van der Waals surface area (Å²) in [7, 11) is -6.32. The molecule has 2 amide bonds. The van der Waals surface area contributed by atoms with E-state index in [2.05, 4.69) is 4.28 Å². The lowest BCUT2D eigenvalue weighted by atomic mass is 9.95. The van der Waals surface area contributed by atoms with Crippen LogP contribution in [0.1, 0.15) is 20.7 Å². The van der Waals surface area contributed by atoms with Gasteiger partial charge in [0.25, 0.3) is 11.8 Å². The first-order valence-electron chi connectivity index (χ1n) is 8.89. The van der Waals surface area contributed by atoms with Crippen LogP contribution in [-0.4, -0.2) is 37.0 Å². The first-order chi connectivity index (χ1) is 15.5. The summed E-state index contributed by atoms with van der Waals surface area (Å²) >= 11 is 0. The zero-order chi connectivity index (χ0) is 24.0. The highest BCUT2D eigenvalue weighted by molar-refractivity contribution is 7.87. The van der Waals surface area contributed by atoms with E-state index in [1.807, 2.05) is 0 Å². The number of hydroxylamine groups is 2. The maximum absolute atomic E-state index is 12.7. The van der Waals surface area contributed by atoms with Crippen LogP contribution in [0.3, 0.4) is 0 Å². The molecule has 4 rings (SSSR count). The van der Waals surface area contributed by atoms with E-state index in [0.29, 0.717) is 0 Å². The number of carbonyl (C=O) groups is 3. The van der Waals surface area contributed by atoms with E-state index in [0.717, 1.165) is 6.07 Å². The Balaban J connectivity index is 1.71.